The van der Waals surface area contributed by atoms with Gasteiger partial charge >= 0.3 is 5.97 Å². The molecule has 0 saturated heterocycles. The molecule has 1 heterocycles. The number of aliphatic hydroxyl groups is 1. The van der Waals surface area contributed by atoms with Crippen LogP contribution in [0.5, 0.6) is 5.75 Å². The number of carbonyl (C=O) groups is 1. The van der Waals surface area contributed by atoms with Crippen LogP contribution in [0.3, 0.4) is 0 Å². The van der Waals surface area contributed by atoms with E-state index in [1.165, 1.54) is 34.9 Å². The molecule has 212 valence electrons. The maximum absolute atomic E-state index is 11.7. The fourth-order valence-electron chi connectivity index (χ4n) is 4.94. The van der Waals surface area contributed by atoms with E-state index in [9.17, 15) is 9.90 Å². The van der Waals surface area contributed by atoms with E-state index >= 15 is 0 Å². The molecule has 0 spiro atoms. The van der Waals surface area contributed by atoms with Gasteiger partial charge in [-0.15, -0.1) is 0 Å². The van der Waals surface area contributed by atoms with Gasteiger partial charge in [0, 0.05) is 6.08 Å². The summed E-state index contributed by atoms with van der Waals surface area (Å²) in [6.07, 6.45) is 6.00. The predicted molar refractivity (Wildman–Crippen MR) is 161 cm³/mol. The monoisotopic (exact) mass is 551 g/mol. The van der Waals surface area contributed by atoms with Crippen molar-refractivity contribution in [3.05, 3.63) is 96.1 Å². The van der Waals surface area contributed by atoms with Gasteiger partial charge in [-0.25, -0.2) is 19.7 Å². The number of rotatable bonds is 12. The summed E-state index contributed by atoms with van der Waals surface area (Å²) in [5.74, 6) is 0.161. The third-order valence-corrected chi connectivity index (χ3v) is 7.14. The Balaban J connectivity index is 1.99. The molecule has 1 atom stereocenters. The second kappa shape index (κ2) is 13.8. The molecule has 0 fully saturated rings. The van der Waals surface area contributed by atoms with Crippen LogP contribution in [0, 0.1) is 0 Å². The van der Waals surface area contributed by atoms with E-state index in [1.54, 1.807) is 0 Å². The van der Waals surface area contributed by atoms with E-state index in [0.717, 1.165) is 54.0 Å². The van der Waals surface area contributed by atoms with Crippen molar-refractivity contribution in [1.29, 1.82) is 0 Å². The van der Waals surface area contributed by atoms with E-state index in [1.807, 2.05) is 6.07 Å². The predicted octanol–water partition coefficient (Wildman–Crippen LogP) is 6.55. The van der Waals surface area contributed by atoms with Gasteiger partial charge in [0.2, 0.25) is 6.29 Å². The van der Waals surface area contributed by atoms with Gasteiger partial charge < -0.3 is 14.6 Å². The maximum atomic E-state index is 11.7. The highest BCUT2D eigenvalue weighted by molar-refractivity contribution is 5.91. The molecular weight excluding hydrogens is 514 g/mol. The van der Waals surface area contributed by atoms with Gasteiger partial charge in [-0.3, -0.25) is 0 Å². The molecule has 41 heavy (non-hydrogen) atoms. The smallest absolute Gasteiger partial charge is 0.332 e. The zero-order valence-electron chi connectivity index (χ0n) is 24.2. The summed E-state index contributed by atoms with van der Waals surface area (Å²) in [6, 6.07) is 17.2. The van der Waals surface area contributed by atoms with Crippen LogP contribution in [0.15, 0.2) is 73.8 Å². The Hall–Kier alpha value is -4.36. The quantitative estimate of drug-likeness (QED) is 0.121. The summed E-state index contributed by atoms with van der Waals surface area (Å²) < 4.78 is 11.2. The summed E-state index contributed by atoms with van der Waals surface area (Å²) in [4.78, 5) is 24.6. The van der Waals surface area contributed by atoms with Gasteiger partial charge in [0.1, 0.15) is 18.4 Å². The highest BCUT2D eigenvalue weighted by atomic mass is 16.7. The molecular formula is C34H37N3O4. The molecule has 1 unspecified atom stereocenters. The number of aryl methyl sites for hydroxylation is 4. The minimum absolute atomic E-state index is 0.286. The van der Waals surface area contributed by atoms with Crippen LogP contribution < -0.4 is 4.74 Å². The van der Waals surface area contributed by atoms with Gasteiger partial charge in [0.15, 0.2) is 12.4 Å². The summed E-state index contributed by atoms with van der Waals surface area (Å²) in [5.41, 5.74) is 9.64. The molecule has 0 amide bonds. The summed E-state index contributed by atoms with van der Waals surface area (Å²) >= 11 is 0. The Kier molecular flexibility index (Phi) is 9.98. The maximum Gasteiger partial charge on any atom is 0.332 e. The van der Waals surface area contributed by atoms with E-state index in [-0.39, 0.29) is 6.61 Å². The second-order valence-electron chi connectivity index (χ2n) is 9.66. The first-order valence-electron chi connectivity index (χ1n) is 14.1. The Labute approximate surface area is 241 Å². The van der Waals surface area contributed by atoms with Gasteiger partial charge in [-0.05, 0) is 82.3 Å². The standard InChI is InChI=1S/C34H37N3O4/c1-6-22-11-13-27(24(8-3)15-22)26-17-29(28-14-12-23(7-2)16-25(28)9-4)33(34-36-20-35-21-37-34)30(18-26)40-19-32(39)41-31(38)10-5/h10-18,20-21,32,39H,5-9,19H2,1-4H3. The van der Waals surface area contributed by atoms with Crippen LogP contribution in [0.2, 0.25) is 0 Å². The van der Waals surface area contributed by atoms with E-state index in [0.29, 0.717) is 17.1 Å². The minimum atomic E-state index is -1.48. The Morgan fingerprint density at radius 1 is 0.854 bits per heavy atom. The number of hydrogen-bond acceptors (Lipinski definition) is 7. The van der Waals surface area contributed by atoms with Crippen molar-refractivity contribution < 1.29 is 19.4 Å². The van der Waals surface area contributed by atoms with Crippen molar-refractivity contribution in [2.75, 3.05) is 6.61 Å². The highest BCUT2D eigenvalue weighted by Crippen LogP contribution is 2.43. The summed E-state index contributed by atoms with van der Waals surface area (Å²) in [5, 5.41) is 10.4. The topological polar surface area (TPSA) is 94.4 Å². The van der Waals surface area contributed by atoms with Crippen LogP contribution in [0.4, 0.5) is 0 Å². The van der Waals surface area contributed by atoms with E-state index < -0.39 is 12.3 Å². The van der Waals surface area contributed by atoms with Gasteiger partial charge in [-0.2, -0.15) is 0 Å². The lowest BCUT2D eigenvalue weighted by Crippen LogP contribution is -2.24. The molecule has 7 heteroatoms. The largest absolute Gasteiger partial charge is 0.486 e. The fourth-order valence-corrected chi connectivity index (χ4v) is 4.94. The molecule has 0 aliphatic carbocycles. The van der Waals surface area contributed by atoms with Crippen molar-refractivity contribution in [2.24, 2.45) is 0 Å². The average molecular weight is 552 g/mol. The minimum Gasteiger partial charge on any atom is -0.486 e. The highest BCUT2D eigenvalue weighted by Gasteiger charge is 2.22. The van der Waals surface area contributed by atoms with E-state index in [2.05, 4.69) is 91.7 Å². The van der Waals surface area contributed by atoms with Gasteiger partial charge in [0.05, 0.1) is 5.56 Å². The number of hydrogen-bond donors (Lipinski definition) is 1. The Bertz CT molecular complexity index is 1520. The summed E-state index contributed by atoms with van der Waals surface area (Å²) in [6.45, 7) is 11.7. The van der Waals surface area contributed by atoms with E-state index in [4.69, 9.17) is 9.47 Å². The third-order valence-electron chi connectivity index (χ3n) is 7.14. The molecule has 0 aliphatic heterocycles. The average Bonchev–Trinajstić information content (AvgIpc) is 3.02. The van der Waals surface area contributed by atoms with Crippen LogP contribution in [0.25, 0.3) is 33.6 Å². The zero-order valence-corrected chi connectivity index (χ0v) is 24.2. The van der Waals surface area contributed by atoms with Crippen LogP contribution in [-0.4, -0.2) is 38.9 Å². The number of esters is 1. The molecule has 1 aromatic heterocycles. The lowest BCUT2D eigenvalue weighted by Gasteiger charge is -2.21. The van der Waals surface area contributed by atoms with Crippen LogP contribution >= 0.6 is 0 Å². The molecule has 1 N–H and O–H groups in total. The van der Waals surface area contributed by atoms with Gasteiger partial charge in [0.25, 0.3) is 0 Å². The molecule has 7 nitrogen and oxygen atoms in total. The molecule has 3 aromatic carbocycles. The second-order valence-corrected chi connectivity index (χ2v) is 9.66. The Morgan fingerprint density at radius 3 is 2.05 bits per heavy atom. The lowest BCUT2D eigenvalue weighted by molar-refractivity contribution is -0.166. The molecule has 0 saturated carbocycles. The molecule has 0 bridgehead atoms. The van der Waals surface area contributed by atoms with Crippen molar-refractivity contribution >= 4 is 5.97 Å². The fraction of sp³-hybridized carbons (Fsp3) is 0.294. The number of nitrogens with zero attached hydrogens (tertiary/aromatic N) is 3. The van der Waals surface area contributed by atoms with Crippen molar-refractivity contribution in [3.8, 4) is 39.4 Å². The van der Waals surface area contributed by atoms with Gasteiger partial charge in [-0.1, -0.05) is 70.7 Å². The SMILES string of the molecule is C=CC(=O)OC(O)COc1cc(-c2ccc(CC)cc2CC)cc(-c2ccc(CC)cc2CC)c1-c1ncncn1. The van der Waals surface area contributed by atoms with Crippen molar-refractivity contribution in [3.63, 3.8) is 0 Å². The molecule has 0 radical (unpaired) electrons. The third kappa shape index (κ3) is 6.87. The van der Waals surface area contributed by atoms with Crippen molar-refractivity contribution in [1.82, 2.24) is 15.0 Å². The molecule has 0 aliphatic rings. The molecule has 4 rings (SSSR count). The zero-order chi connectivity index (χ0) is 29.4. The first kappa shape index (κ1) is 29.6. The number of ether oxygens (including phenoxy) is 2. The van der Waals surface area contributed by atoms with Crippen LogP contribution in [0.1, 0.15) is 49.9 Å². The first-order chi connectivity index (χ1) is 19.9. The lowest BCUT2D eigenvalue weighted by atomic mass is 9.87. The number of carbonyl (C=O) groups excluding carboxylic acids is 1. The first-order valence-corrected chi connectivity index (χ1v) is 14.1. The Morgan fingerprint density at radius 2 is 1.46 bits per heavy atom. The molecule has 4 aromatic rings. The number of aromatic nitrogens is 3. The number of benzene rings is 3. The number of aliphatic hydroxyl groups excluding tert-OH is 1. The summed E-state index contributed by atoms with van der Waals surface area (Å²) in [7, 11) is 0. The normalized spacial score (nSPS) is 11.6. The van der Waals surface area contributed by atoms with Crippen molar-refractivity contribution in [2.45, 2.75) is 59.7 Å². The van der Waals surface area contributed by atoms with Crippen LogP contribution in [-0.2, 0) is 35.2 Å².